The molecule has 0 aliphatic heterocycles. The number of aryl methyl sites for hydroxylation is 1. The van der Waals surface area contributed by atoms with E-state index in [1.807, 2.05) is 24.3 Å². The molecule has 2 heterocycles. The smallest absolute Gasteiger partial charge is 0.272 e. The van der Waals surface area contributed by atoms with Crippen molar-refractivity contribution in [3.05, 3.63) is 52.6 Å². The minimum absolute atomic E-state index is 0.0930. The number of fused-ring (bicyclic) bond motifs is 1. The van der Waals surface area contributed by atoms with Crippen molar-refractivity contribution in [3.63, 3.8) is 0 Å². The third-order valence-electron chi connectivity index (χ3n) is 3.45. The monoisotopic (exact) mass is 283 g/mol. The van der Waals surface area contributed by atoms with Gasteiger partial charge in [0, 0.05) is 29.1 Å². The number of rotatable bonds is 4. The number of methoxy groups -OCH3 is 1. The van der Waals surface area contributed by atoms with Crippen LogP contribution in [0, 0.1) is 0 Å². The molecular weight excluding hydrogens is 266 g/mol. The van der Waals surface area contributed by atoms with Gasteiger partial charge in [-0.05, 0) is 12.5 Å². The van der Waals surface area contributed by atoms with E-state index in [2.05, 4.69) is 17.0 Å². The second-order valence-corrected chi connectivity index (χ2v) is 4.88. The van der Waals surface area contributed by atoms with E-state index in [0.29, 0.717) is 5.65 Å². The fraction of sp³-hybridized carbons (Fsp3) is 0.250. The minimum atomic E-state index is -0.0930. The summed E-state index contributed by atoms with van der Waals surface area (Å²) < 4.78 is 6.86. The molecule has 0 atom stereocenters. The van der Waals surface area contributed by atoms with Gasteiger partial charge >= 0.3 is 0 Å². The number of aromatic amines is 1. The number of hydrogen-bond acceptors (Lipinski definition) is 3. The molecular formula is C16H17N3O2. The Balaban J connectivity index is 2.26. The normalized spacial score (nSPS) is 11.0. The van der Waals surface area contributed by atoms with Crippen molar-refractivity contribution >= 4 is 5.65 Å². The Kier molecular flexibility index (Phi) is 3.48. The number of H-pyrrole nitrogens is 1. The average molecular weight is 283 g/mol. The SMILES string of the molecule is CCCc1cc(=O)n2[nH]cc(-c3ccccc3OC)c2n1. The summed E-state index contributed by atoms with van der Waals surface area (Å²) in [4.78, 5) is 16.7. The maximum Gasteiger partial charge on any atom is 0.272 e. The first-order valence-electron chi connectivity index (χ1n) is 6.98. The van der Waals surface area contributed by atoms with Crippen LogP contribution in [0.1, 0.15) is 19.0 Å². The molecule has 3 aromatic rings. The number of nitrogens with zero attached hydrogens (tertiary/aromatic N) is 2. The van der Waals surface area contributed by atoms with Crippen LogP contribution < -0.4 is 10.3 Å². The van der Waals surface area contributed by atoms with E-state index in [4.69, 9.17) is 4.74 Å². The molecule has 108 valence electrons. The second-order valence-electron chi connectivity index (χ2n) is 4.88. The van der Waals surface area contributed by atoms with Gasteiger partial charge in [0.25, 0.3) is 5.56 Å². The van der Waals surface area contributed by atoms with Crippen LogP contribution in [-0.4, -0.2) is 21.7 Å². The topological polar surface area (TPSA) is 59.4 Å². The lowest BCUT2D eigenvalue weighted by atomic mass is 10.1. The molecule has 0 unspecified atom stereocenters. The first-order valence-corrected chi connectivity index (χ1v) is 6.98. The van der Waals surface area contributed by atoms with Crippen molar-refractivity contribution in [2.45, 2.75) is 19.8 Å². The molecule has 0 radical (unpaired) electrons. The van der Waals surface area contributed by atoms with Crippen LogP contribution in [-0.2, 0) is 6.42 Å². The van der Waals surface area contributed by atoms with Crippen molar-refractivity contribution in [2.75, 3.05) is 7.11 Å². The van der Waals surface area contributed by atoms with Gasteiger partial charge in [0.05, 0.1) is 7.11 Å². The molecule has 1 N–H and O–H groups in total. The van der Waals surface area contributed by atoms with Crippen molar-refractivity contribution in [1.29, 1.82) is 0 Å². The molecule has 3 rings (SSSR count). The summed E-state index contributed by atoms with van der Waals surface area (Å²) in [6.45, 7) is 2.07. The van der Waals surface area contributed by atoms with E-state index in [0.717, 1.165) is 35.4 Å². The first kappa shape index (κ1) is 13.4. The highest BCUT2D eigenvalue weighted by Gasteiger charge is 2.13. The molecule has 21 heavy (non-hydrogen) atoms. The van der Waals surface area contributed by atoms with Crippen LogP contribution in [0.15, 0.2) is 41.3 Å². The minimum Gasteiger partial charge on any atom is -0.496 e. The molecule has 5 heteroatoms. The quantitative estimate of drug-likeness (QED) is 0.800. The predicted molar refractivity (Wildman–Crippen MR) is 81.8 cm³/mol. The summed E-state index contributed by atoms with van der Waals surface area (Å²) in [7, 11) is 1.63. The average Bonchev–Trinajstić information content (AvgIpc) is 2.92. The standard InChI is InChI=1S/C16H17N3O2/c1-3-6-11-9-15(20)19-16(18-11)13(10-17-19)12-7-4-5-8-14(12)21-2/h4-5,7-10,17H,3,6H2,1-2H3. The van der Waals surface area contributed by atoms with Crippen molar-refractivity contribution in [1.82, 2.24) is 14.6 Å². The predicted octanol–water partition coefficient (Wildman–Crippen LogP) is 2.65. The van der Waals surface area contributed by atoms with Crippen LogP contribution in [0.2, 0.25) is 0 Å². The summed E-state index contributed by atoms with van der Waals surface area (Å²) >= 11 is 0. The molecule has 0 saturated heterocycles. The number of nitrogens with one attached hydrogen (secondary N) is 1. The van der Waals surface area contributed by atoms with E-state index in [-0.39, 0.29) is 5.56 Å². The molecule has 5 nitrogen and oxygen atoms in total. The zero-order valence-electron chi connectivity index (χ0n) is 12.1. The lowest BCUT2D eigenvalue weighted by Crippen LogP contribution is -2.15. The number of hydrogen-bond donors (Lipinski definition) is 1. The molecule has 1 aromatic carbocycles. The highest BCUT2D eigenvalue weighted by Crippen LogP contribution is 2.31. The first-order chi connectivity index (χ1) is 10.2. The van der Waals surface area contributed by atoms with Crippen molar-refractivity contribution in [2.24, 2.45) is 0 Å². The van der Waals surface area contributed by atoms with Gasteiger partial charge in [0.1, 0.15) is 5.75 Å². The maximum absolute atomic E-state index is 12.1. The zero-order valence-corrected chi connectivity index (χ0v) is 12.1. The fourth-order valence-electron chi connectivity index (χ4n) is 2.48. The molecule has 0 bridgehead atoms. The molecule has 0 aliphatic carbocycles. The van der Waals surface area contributed by atoms with Gasteiger partial charge in [-0.15, -0.1) is 0 Å². The highest BCUT2D eigenvalue weighted by atomic mass is 16.5. The van der Waals surface area contributed by atoms with Gasteiger partial charge in [-0.2, -0.15) is 0 Å². The van der Waals surface area contributed by atoms with Crippen LogP contribution >= 0.6 is 0 Å². The summed E-state index contributed by atoms with van der Waals surface area (Å²) in [5, 5.41) is 2.96. The van der Waals surface area contributed by atoms with Crippen LogP contribution in [0.5, 0.6) is 5.75 Å². The maximum atomic E-state index is 12.1. The van der Waals surface area contributed by atoms with E-state index in [1.54, 1.807) is 19.4 Å². The van der Waals surface area contributed by atoms with Crippen LogP contribution in [0.3, 0.4) is 0 Å². The molecule has 0 fully saturated rings. The van der Waals surface area contributed by atoms with E-state index in [1.165, 1.54) is 4.52 Å². The molecule has 0 aliphatic rings. The third kappa shape index (κ3) is 2.31. The number of benzene rings is 1. The Labute approximate surface area is 122 Å². The molecule has 2 aromatic heterocycles. The van der Waals surface area contributed by atoms with Crippen LogP contribution in [0.4, 0.5) is 0 Å². The largest absolute Gasteiger partial charge is 0.496 e. The molecule has 0 amide bonds. The van der Waals surface area contributed by atoms with Gasteiger partial charge in [-0.1, -0.05) is 31.5 Å². The lowest BCUT2D eigenvalue weighted by molar-refractivity contribution is 0.416. The highest BCUT2D eigenvalue weighted by molar-refractivity contribution is 5.81. The van der Waals surface area contributed by atoms with Gasteiger partial charge in [0.15, 0.2) is 5.65 Å². The summed E-state index contributed by atoms with van der Waals surface area (Å²) in [5.74, 6) is 0.758. The van der Waals surface area contributed by atoms with Gasteiger partial charge < -0.3 is 4.74 Å². The summed E-state index contributed by atoms with van der Waals surface area (Å²) in [6, 6.07) is 9.29. The molecule has 0 saturated carbocycles. The number of aromatic nitrogens is 3. The lowest BCUT2D eigenvalue weighted by Gasteiger charge is -2.06. The Morgan fingerprint density at radius 3 is 2.86 bits per heavy atom. The Morgan fingerprint density at radius 1 is 1.29 bits per heavy atom. The summed E-state index contributed by atoms with van der Waals surface area (Å²) in [5.41, 5.74) is 3.14. The zero-order chi connectivity index (χ0) is 14.8. The van der Waals surface area contributed by atoms with Crippen LogP contribution in [0.25, 0.3) is 16.8 Å². The Bertz CT molecular complexity index is 833. The van der Waals surface area contributed by atoms with E-state index < -0.39 is 0 Å². The Morgan fingerprint density at radius 2 is 2.10 bits per heavy atom. The van der Waals surface area contributed by atoms with Gasteiger partial charge in [0.2, 0.25) is 0 Å². The number of ether oxygens (including phenoxy) is 1. The fourth-order valence-corrected chi connectivity index (χ4v) is 2.48. The van der Waals surface area contributed by atoms with Gasteiger partial charge in [-0.25, -0.2) is 9.50 Å². The third-order valence-corrected chi connectivity index (χ3v) is 3.45. The van der Waals surface area contributed by atoms with Gasteiger partial charge in [-0.3, -0.25) is 9.89 Å². The van der Waals surface area contributed by atoms with E-state index in [9.17, 15) is 4.79 Å². The molecule has 0 spiro atoms. The second kappa shape index (κ2) is 5.44. The van der Waals surface area contributed by atoms with E-state index >= 15 is 0 Å². The van der Waals surface area contributed by atoms with Crippen molar-refractivity contribution in [3.8, 4) is 16.9 Å². The number of para-hydroxylation sites is 1. The van der Waals surface area contributed by atoms with Crippen molar-refractivity contribution < 1.29 is 4.74 Å². The Hall–Kier alpha value is -2.56. The summed E-state index contributed by atoms with van der Waals surface area (Å²) in [6.07, 6.45) is 3.54.